The average molecular weight is 383 g/mol. The van der Waals surface area contributed by atoms with E-state index in [0.29, 0.717) is 18.3 Å². The van der Waals surface area contributed by atoms with Gasteiger partial charge in [0.1, 0.15) is 18.2 Å². The molecular formula is C16H16BrFN2OS. The normalized spacial score (nSPS) is 10.1. The number of halogens is 2. The van der Waals surface area contributed by atoms with E-state index in [0.717, 1.165) is 15.9 Å². The van der Waals surface area contributed by atoms with Crippen molar-refractivity contribution in [1.82, 2.24) is 4.90 Å². The highest BCUT2D eigenvalue weighted by Gasteiger charge is 2.05. The highest BCUT2D eigenvalue weighted by atomic mass is 79.9. The lowest BCUT2D eigenvalue weighted by Gasteiger charge is -2.21. The number of ether oxygens (including phenoxy) is 1. The molecule has 0 radical (unpaired) electrons. The number of likely N-dealkylation sites (N-methyl/N-ethyl adjacent to an activating group) is 1. The van der Waals surface area contributed by atoms with E-state index in [4.69, 9.17) is 17.0 Å². The predicted octanol–water partition coefficient (Wildman–Crippen LogP) is 4.30. The van der Waals surface area contributed by atoms with Crippen molar-refractivity contribution in [3.8, 4) is 5.75 Å². The average Bonchev–Trinajstić information content (AvgIpc) is 2.51. The van der Waals surface area contributed by atoms with Crippen molar-refractivity contribution in [2.45, 2.75) is 0 Å². The minimum absolute atomic E-state index is 0.271. The number of thiocarbonyl (C=S) groups is 1. The fraction of sp³-hybridized carbons (Fsp3) is 0.188. The molecule has 6 heteroatoms. The molecule has 0 spiro atoms. The number of hydrogen-bond donors (Lipinski definition) is 1. The summed E-state index contributed by atoms with van der Waals surface area (Å²) in [5.41, 5.74) is 0.757. The third-order valence-electron chi connectivity index (χ3n) is 2.95. The topological polar surface area (TPSA) is 24.5 Å². The Hall–Kier alpha value is -1.66. The molecule has 2 aromatic rings. The van der Waals surface area contributed by atoms with Gasteiger partial charge in [-0.2, -0.15) is 0 Å². The van der Waals surface area contributed by atoms with Crippen LogP contribution in [-0.2, 0) is 0 Å². The molecule has 0 atom stereocenters. The van der Waals surface area contributed by atoms with Crippen LogP contribution in [0.25, 0.3) is 0 Å². The monoisotopic (exact) mass is 382 g/mol. The Morgan fingerprint density at radius 3 is 2.45 bits per heavy atom. The summed E-state index contributed by atoms with van der Waals surface area (Å²) in [5.74, 6) is 0.543. The SMILES string of the molecule is CN(CCOc1ccc(Br)cc1)C(=S)Nc1ccc(F)cc1. The maximum absolute atomic E-state index is 12.8. The van der Waals surface area contributed by atoms with Crippen LogP contribution in [0, 0.1) is 5.82 Å². The van der Waals surface area contributed by atoms with Crippen molar-refractivity contribution in [2.75, 3.05) is 25.5 Å². The van der Waals surface area contributed by atoms with E-state index >= 15 is 0 Å². The Labute approximate surface area is 143 Å². The lowest BCUT2D eigenvalue weighted by molar-refractivity contribution is 0.285. The molecule has 0 heterocycles. The second kappa shape index (κ2) is 8.10. The van der Waals surface area contributed by atoms with Crippen LogP contribution in [0.4, 0.5) is 10.1 Å². The standard InChI is InChI=1S/C16H16BrFN2OS/c1-20(10-11-21-15-8-2-12(17)3-9-15)16(22)19-14-6-4-13(18)5-7-14/h2-9H,10-11H2,1H3,(H,19,22). The molecule has 0 unspecified atom stereocenters. The van der Waals surface area contributed by atoms with Crippen molar-refractivity contribution in [1.29, 1.82) is 0 Å². The molecule has 1 N–H and O–H groups in total. The van der Waals surface area contributed by atoms with Crippen LogP contribution in [0.3, 0.4) is 0 Å². The van der Waals surface area contributed by atoms with Crippen LogP contribution in [0.1, 0.15) is 0 Å². The first kappa shape index (κ1) is 16.7. The van der Waals surface area contributed by atoms with E-state index in [-0.39, 0.29) is 5.82 Å². The Morgan fingerprint density at radius 2 is 1.82 bits per heavy atom. The lowest BCUT2D eigenvalue weighted by Crippen LogP contribution is -2.34. The van der Waals surface area contributed by atoms with Crippen LogP contribution in [-0.4, -0.2) is 30.2 Å². The molecule has 2 rings (SSSR count). The van der Waals surface area contributed by atoms with Gasteiger partial charge >= 0.3 is 0 Å². The number of nitrogens with zero attached hydrogens (tertiary/aromatic N) is 1. The fourth-order valence-electron chi connectivity index (χ4n) is 1.68. The first-order valence-corrected chi connectivity index (χ1v) is 7.91. The minimum Gasteiger partial charge on any atom is -0.492 e. The zero-order valence-electron chi connectivity index (χ0n) is 12.1. The molecule has 0 aliphatic carbocycles. The Morgan fingerprint density at radius 1 is 1.18 bits per heavy atom. The summed E-state index contributed by atoms with van der Waals surface area (Å²) in [6.07, 6.45) is 0. The lowest BCUT2D eigenvalue weighted by atomic mass is 10.3. The fourth-order valence-corrected chi connectivity index (χ4v) is 2.16. The van der Waals surface area contributed by atoms with Gasteiger partial charge in [-0.15, -0.1) is 0 Å². The number of rotatable bonds is 5. The smallest absolute Gasteiger partial charge is 0.173 e. The minimum atomic E-state index is -0.271. The van der Waals surface area contributed by atoms with Gasteiger partial charge in [0, 0.05) is 17.2 Å². The second-order valence-corrected chi connectivity index (χ2v) is 5.96. The summed E-state index contributed by atoms with van der Waals surface area (Å²) >= 11 is 8.68. The van der Waals surface area contributed by atoms with Crippen LogP contribution in [0.5, 0.6) is 5.75 Å². The maximum atomic E-state index is 12.8. The van der Waals surface area contributed by atoms with Crippen molar-refractivity contribution in [3.63, 3.8) is 0 Å². The van der Waals surface area contributed by atoms with Crippen LogP contribution in [0.15, 0.2) is 53.0 Å². The van der Waals surface area contributed by atoms with Gasteiger partial charge in [0.05, 0.1) is 6.54 Å². The number of anilines is 1. The number of benzene rings is 2. The van der Waals surface area contributed by atoms with E-state index in [1.54, 1.807) is 12.1 Å². The van der Waals surface area contributed by atoms with Gasteiger partial charge < -0.3 is 15.0 Å². The molecule has 0 aromatic heterocycles. The summed E-state index contributed by atoms with van der Waals surface area (Å²) in [5, 5.41) is 3.62. The maximum Gasteiger partial charge on any atom is 0.173 e. The van der Waals surface area contributed by atoms with Gasteiger partial charge in [-0.1, -0.05) is 15.9 Å². The van der Waals surface area contributed by atoms with Gasteiger partial charge in [0.15, 0.2) is 5.11 Å². The predicted molar refractivity (Wildman–Crippen MR) is 94.9 cm³/mol. The van der Waals surface area contributed by atoms with E-state index < -0.39 is 0 Å². The molecule has 0 saturated carbocycles. The second-order valence-electron chi connectivity index (χ2n) is 4.66. The van der Waals surface area contributed by atoms with Crippen molar-refractivity contribution >= 4 is 38.9 Å². The molecule has 0 fully saturated rings. The van der Waals surface area contributed by atoms with E-state index in [9.17, 15) is 4.39 Å². The first-order chi connectivity index (χ1) is 10.5. The van der Waals surface area contributed by atoms with Gasteiger partial charge in [-0.3, -0.25) is 0 Å². The summed E-state index contributed by atoms with van der Waals surface area (Å²) in [4.78, 5) is 1.87. The van der Waals surface area contributed by atoms with Gasteiger partial charge in [0.2, 0.25) is 0 Å². The van der Waals surface area contributed by atoms with Crippen molar-refractivity contribution < 1.29 is 9.13 Å². The molecule has 0 bridgehead atoms. The van der Waals surface area contributed by atoms with E-state index in [1.807, 2.05) is 36.2 Å². The van der Waals surface area contributed by atoms with Gasteiger partial charge in [-0.05, 0) is 60.7 Å². The molecule has 2 aromatic carbocycles. The molecule has 0 aliphatic rings. The zero-order valence-corrected chi connectivity index (χ0v) is 14.5. The summed E-state index contributed by atoms with van der Waals surface area (Å²) < 4.78 is 19.5. The molecule has 116 valence electrons. The van der Waals surface area contributed by atoms with Crippen molar-refractivity contribution in [3.05, 3.63) is 58.8 Å². The van der Waals surface area contributed by atoms with Crippen molar-refractivity contribution in [2.24, 2.45) is 0 Å². The Bertz CT molecular complexity index is 619. The Balaban J connectivity index is 1.76. The summed E-state index contributed by atoms with van der Waals surface area (Å²) in [6.45, 7) is 1.16. The number of nitrogens with one attached hydrogen (secondary N) is 1. The van der Waals surface area contributed by atoms with Crippen LogP contribution in [0.2, 0.25) is 0 Å². The quantitative estimate of drug-likeness (QED) is 0.779. The summed E-state index contributed by atoms with van der Waals surface area (Å²) in [6, 6.07) is 13.7. The molecular weight excluding hydrogens is 367 g/mol. The molecule has 0 saturated heterocycles. The third kappa shape index (κ3) is 5.27. The van der Waals surface area contributed by atoms with Gasteiger partial charge in [0.25, 0.3) is 0 Å². The zero-order chi connectivity index (χ0) is 15.9. The van der Waals surface area contributed by atoms with E-state index in [2.05, 4.69) is 21.2 Å². The van der Waals surface area contributed by atoms with Crippen LogP contribution >= 0.6 is 28.1 Å². The first-order valence-electron chi connectivity index (χ1n) is 6.70. The highest BCUT2D eigenvalue weighted by molar-refractivity contribution is 9.10. The molecule has 3 nitrogen and oxygen atoms in total. The Kier molecular flexibility index (Phi) is 6.15. The number of hydrogen-bond acceptors (Lipinski definition) is 2. The largest absolute Gasteiger partial charge is 0.492 e. The molecule has 0 aliphatic heterocycles. The molecule has 22 heavy (non-hydrogen) atoms. The summed E-state index contributed by atoms with van der Waals surface area (Å²) in [7, 11) is 1.88. The molecule has 0 amide bonds. The third-order valence-corrected chi connectivity index (χ3v) is 3.89. The highest BCUT2D eigenvalue weighted by Crippen LogP contribution is 2.16. The van der Waals surface area contributed by atoms with Crippen LogP contribution < -0.4 is 10.1 Å². The van der Waals surface area contributed by atoms with E-state index in [1.165, 1.54) is 12.1 Å². The van der Waals surface area contributed by atoms with Gasteiger partial charge in [-0.25, -0.2) is 4.39 Å².